The Morgan fingerprint density at radius 3 is 2.76 bits per heavy atom. The summed E-state index contributed by atoms with van der Waals surface area (Å²) in [6, 6.07) is 4.48. The Hall–Kier alpha value is -1.20. The number of rotatable bonds is 4. The highest BCUT2D eigenvalue weighted by molar-refractivity contribution is 7.10. The van der Waals surface area contributed by atoms with Crippen molar-refractivity contribution in [1.82, 2.24) is 9.80 Å². The van der Waals surface area contributed by atoms with E-state index in [4.69, 9.17) is 0 Å². The van der Waals surface area contributed by atoms with Gasteiger partial charge in [-0.15, -0.1) is 11.3 Å². The van der Waals surface area contributed by atoms with Crippen molar-refractivity contribution < 1.29 is 9.59 Å². The number of nitrogens with zero attached hydrogens (tertiary/aromatic N) is 2. The van der Waals surface area contributed by atoms with Crippen molar-refractivity contribution in [3.8, 4) is 0 Å². The zero-order chi connectivity index (χ0) is 14.7. The van der Waals surface area contributed by atoms with Gasteiger partial charge >= 0.3 is 0 Å². The summed E-state index contributed by atoms with van der Waals surface area (Å²) < 4.78 is 0. The van der Waals surface area contributed by atoms with Crippen molar-refractivity contribution in [1.29, 1.82) is 0 Å². The third-order valence-electron chi connectivity index (χ3n) is 4.63. The first kappa shape index (κ1) is 14.7. The van der Waals surface area contributed by atoms with Crippen LogP contribution in [0.15, 0.2) is 17.5 Å². The molecular weight excluding hydrogens is 284 g/mol. The first-order valence-corrected chi connectivity index (χ1v) is 8.66. The Bertz CT molecular complexity index is 480. The summed E-state index contributed by atoms with van der Waals surface area (Å²) in [6.45, 7) is 3.12. The highest BCUT2D eigenvalue weighted by atomic mass is 32.1. The lowest BCUT2D eigenvalue weighted by Gasteiger charge is -2.32. The van der Waals surface area contributed by atoms with Gasteiger partial charge in [0.1, 0.15) is 6.29 Å². The van der Waals surface area contributed by atoms with Gasteiger partial charge in [-0.1, -0.05) is 6.07 Å². The predicted molar refractivity (Wildman–Crippen MR) is 83.2 cm³/mol. The number of thiophene rings is 1. The van der Waals surface area contributed by atoms with Gasteiger partial charge in [-0.3, -0.25) is 9.69 Å². The van der Waals surface area contributed by atoms with Gasteiger partial charge in [-0.05, 0) is 50.2 Å². The van der Waals surface area contributed by atoms with Crippen LogP contribution in [0.2, 0.25) is 0 Å². The minimum Gasteiger partial charge on any atom is -0.334 e. The summed E-state index contributed by atoms with van der Waals surface area (Å²) in [7, 11) is 0. The van der Waals surface area contributed by atoms with E-state index >= 15 is 0 Å². The van der Waals surface area contributed by atoms with Crippen LogP contribution in [-0.2, 0) is 9.59 Å². The molecule has 0 N–H and O–H groups in total. The Kier molecular flexibility index (Phi) is 4.70. The van der Waals surface area contributed by atoms with E-state index in [1.54, 1.807) is 11.3 Å². The third kappa shape index (κ3) is 3.35. The topological polar surface area (TPSA) is 40.6 Å². The normalized spacial score (nSPS) is 24.4. The maximum absolute atomic E-state index is 12.6. The maximum Gasteiger partial charge on any atom is 0.237 e. The fourth-order valence-electron chi connectivity index (χ4n) is 3.37. The Morgan fingerprint density at radius 1 is 1.29 bits per heavy atom. The highest BCUT2D eigenvalue weighted by Gasteiger charge is 2.31. The van der Waals surface area contributed by atoms with Gasteiger partial charge in [0.15, 0.2) is 0 Å². The third-order valence-corrected chi connectivity index (χ3v) is 5.60. The largest absolute Gasteiger partial charge is 0.334 e. The fourth-order valence-corrected chi connectivity index (χ4v) is 4.24. The molecule has 4 nitrogen and oxygen atoms in total. The SMILES string of the molecule is O=CC1CCN(CC(=O)N2CCCC2c2cccs2)CC1. The van der Waals surface area contributed by atoms with Crippen molar-refractivity contribution in [2.75, 3.05) is 26.2 Å². The molecule has 2 aliphatic heterocycles. The van der Waals surface area contributed by atoms with E-state index in [-0.39, 0.29) is 17.9 Å². The lowest BCUT2D eigenvalue weighted by atomic mass is 9.99. The molecule has 2 fully saturated rings. The number of hydrogen-bond donors (Lipinski definition) is 0. The molecule has 0 aromatic carbocycles. The summed E-state index contributed by atoms with van der Waals surface area (Å²) in [5, 5.41) is 2.08. The maximum atomic E-state index is 12.6. The van der Waals surface area contributed by atoms with Crippen LogP contribution in [0, 0.1) is 5.92 Å². The average molecular weight is 306 g/mol. The van der Waals surface area contributed by atoms with Gasteiger partial charge in [0.2, 0.25) is 5.91 Å². The summed E-state index contributed by atoms with van der Waals surface area (Å²) in [5.74, 6) is 0.442. The van der Waals surface area contributed by atoms with Gasteiger partial charge in [0, 0.05) is 17.3 Å². The van der Waals surface area contributed by atoms with E-state index < -0.39 is 0 Å². The van der Waals surface area contributed by atoms with Crippen LogP contribution in [0.1, 0.15) is 36.6 Å². The first-order valence-electron chi connectivity index (χ1n) is 7.78. The highest BCUT2D eigenvalue weighted by Crippen LogP contribution is 2.34. The zero-order valence-electron chi connectivity index (χ0n) is 12.2. The number of carbonyl (C=O) groups is 2. The summed E-state index contributed by atoms with van der Waals surface area (Å²) in [6.07, 6.45) is 5.03. The molecule has 2 saturated heterocycles. The second-order valence-corrected chi connectivity index (χ2v) is 6.99. The predicted octanol–water partition coefficient (Wildman–Crippen LogP) is 2.32. The second-order valence-electron chi connectivity index (χ2n) is 6.01. The molecule has 1 unspecified atom stereocenters. The fraction of sp³-hybridized carbons (Fsp3) is 0.625. The molecular formula is C16H22N2O2S. The van der Waals surface area contributed by atoms with Crippen LogP contribution in [0.4, 0.5) is 0 Å². The number of piperidine rings is 1. The monoisotopic (exact) mass is 306 g/mol. The van der Waals surface area contributed by atoms with Crippen molar-refractivity contribution in [3.63, 3.8) is 0 Å². The van der Waals surface area contributed by atoms with E-state index in [0.717, 1.165) is 51.6 Å². The molecule has 0 bridgehead atoms. The number of hydrogen-bond acceptors (Lipinski definition) is 4. The van der Waals surface area contributed by atoms with Crippen LogP contribution in [0.5, 0.6) is 0 Å². The molecule has 114 valence electrons. The molecule has 0 saturated carbocycles. The number of amides is 1. The average Bonchev–Trinajstić information content (AvgIpc) is 3.18. The van der Waals surface area contributed by atoms with Gasteiger partial charge in [0.25, 0.3) is 0 Å². The molecule has 2 aliphatic rings. The molecule has 3 heterocycles. The Balaban J connectivity index is 1.56. The van der Waals surface area contributed by atoms with Gasteiger partial charge in [0.05, 0.1) is 12.6 Å². The molecule has 1 atom stereocenters. The lowest BCUT2D eigenvalue weighted by molar-refractivity contribution is -0.133. The summed E-state index contributed by atoms with van der Waals surface area (Å²) in [4.78, 5) is 28.9. The molecule has 1 aromatic rings. The molecule has 0 radical (unpaired) electrons. The Morgan fingerprint density at radius 2 is 2.10 bits per heavy atom. The molecule has 1 amide bonds. The van der Waals surface area contributed by atoms with E-state index in [1.165, 1.54) is 4.88 Å². The van der Waals surface area contributed by atoms with Gasteiger partial charge < -0.3 is 9.69 Å². The van der Waals surface area contributed by atoms with Crippen LogP contribution in [0.3, 0.4) is 0 Å². The van der Waals surface area contributed by atoms with Gasteiger partial charge in [-0.2, -0.15) is 0 Å². The number of likely N-dealkylation sites (tertiary alicyclic amines) is 2. The van der Waals surface area contributed by atoms with Crippen LogP contribution in [-0.4, -0.2) is 48.2 Å². The smallest absolute Gasteiger partial charge is 0.237 e. The van der Waals surface area contributed by atoms with E-state index in [0.29, 0.717) is 6.54 Å². The van der Waals surface area contributed by atoms with E-state index in [2.05, 4.69) is 27.3 Å². The summed E-state index contributed by atoms with van der Waals surface area (Å²) in [5.41, 5.74) is 0. The lowest BCUT2D eigenvalue weighted by Crippen LogP contribution is -2.43. The van der Waals surface area contributed by atoms with Crippen molar-refractivity contribution in [3.05, 3.63) is 22.4 Å². The van der Waals surface area contributed by atoms with Crippen LogP contribution >= 0.6 is 11.3 Å². The molecule has 0 aliphatic carbocycles. The van der Waals surface area contributed by atoms with Crippen LogP contribution in [0.25, 0.3) is 0 Å². The van der Waals surface area contributed by atoms with Crippen molar-refractivity contribution >= 4 is 23.5 Å². The Labute approximate surface area is 129 Å². The quantitative estimate of drug-likeness (QED) is 0.802. The summed E-state index contributed by atoms with van der Waals surface area (Å²) >= 11 is 1.74. The second kappa shape index (κ2) is 6.71. The number of carbonyl (C=O) groups excluding carboxylic acids is 2. The van der Waals surface area contributed by atoms with Crippen LogP contribution < -0.4 is 0 Å². The minimum atomic E-state index is 0.196. The molecule has 21 heavy (non-hydrogen) atoms. The minimum absolute atomic E-state index is 0.196. The van der Waals surface area contributed by atoms with E-state index in [9.17, 15) is 9.59 Å². The van der Waals surface area contributed by atoms with E-state index in [1.807, 2.05) is 0 Å². The van der Waals surface area contributed by atoms with Crippen molar-refractivity contribution in [2.45, 2.75) is 31.7 Å². The first-order chi connectivity index (χ1) is 10.3. The molecule has 3 rings (SSSR count). The standard InChI is InChI=1S/C16H22N2O2S/c19-12-13-5-8-17(9-6-13)11-16(20)18-7-1-3-14(18)15-4-2-10-21-15/h2,4,10,12-14H,1,3,5-9,11H2. The van der Waals surface area contributed by atoms with Crippen molar-refractivity contribution in [2.24, 2.45) is 5.92 Å². The molecule has 5 heteroatoms. The molecule has 0 spiro atoms. The zero-order valence-corrected chi connectivity index (χ0v) is 13.1. The van der Waals surface area contributed by atoms with Gasteiger partial charge in [-0.25, -0.2) is 0 Å². The molecule has 1 aromatic heterocycles. The number of aldehydes is 1.